The lowest BCUT2D eigenvalue weighted by molar-refractivity contribution is -0.189. The molecule has 0 aromatic heterocycles. The van der Waals surface area contributed by atoms with Crippen molar-refractivity contribution in [1.29, 1.82) is 0 Å². The quantitative estimate of drug-likeness (QED) is 0.833. The summed E-state index contributed by atoms with van der Waals surface area (Å²) in [5.41, 5.74) is -1.20. The Morgan fingerprint density at radius 3 is 2.24 bits per heavy atom. The molecule has 146 valence electrons. The van der Waals surface area contributed by atoms with E-state index in [9.17, 15) is 18.0 Å². The normalized spacial score (nSPS) is 25.6. The van der Waals surface area contributed by atoms with Gasteiger partial charge in [0.15, 0.2) is 0 Å². The van der Waals surface area contributed by atoms with Crippen molar-refractivity contribution in [2.75, 3.05) is 46.8 Å². The number of carbonyl (C=O) groups excluding carboxylic acids is 1. The van der Waals surface area contributed by atoms with E-state index >= 15 is 0 Å². The first-order valence-electron chi connectivity index (χ1n) is 9.03. The fourth-order valence-electron chi connectivity index (χ4n) is 3.91. The second kappa shape index (κ2) is 7.70. The van der Waals surface area contributed by atoms with Gasteiger partial charge >= 0.3 is 12.2 Å². The van der Waals surface area contributed by atoms with E-state index in [0.29, 0.717) is 0 Å². The summed E-state index contributed by atoms with van der Waals surface area (Å²) in [5, 5.41) is 2.96. The first-order valence-corrected chi connectivity index (χ1v) is 9.03. The number of nitrogens with zero attached hydrogens (tertiary/aromatic N) is 3. The largest absolute Gasteiger partial charge is 0.394 e. The molecule has 0 spiro atoms. The number of nitrogens with one attached hydrogen (secondary N) is 1. The van der Waals surface area contributed by atoms with E-state index < -0.39 is 17.6 Å². The minimum atomic E-state index is -4.27. The fourth-order valence-corrected chi connectivity index (χ4v) is 3.91. The van der Waals surface area contributed by atoms with Gasteiger partial charge in [-0.1, -0.05) is 0 Å². The zero-order chi connectivity index (χ0) is 18.8. The highest BCUT2D eigenvalue weighted by Crippen LogP contribution is 2.44. The average molecular weight is 364 g/mol. The lowest BCUT2D eigenvalue weighted by atomic mass is 9.88. The summed E-state index contributed by atoms with van der Waals surface area (Å²) in [5.74, 6) is -1.46. The Balaban J connectivity index is 1.83. The van der Waals surface area contributed by atoms with Crippen molar-refractivity contribution in [3.8, 4) is 0 Å². The highest BCUT2D eigenvalue weighted by atomic mass is 19.4. The van der Waals surface area contributed by atoms with Crippen LogP contribution in [0.5, 0.6) is 0 Å². The number of halogens is 3. The third-order valence-electron chi connectivity index (χ3n) is 5.61. The Morgan fingerprint density at radius 2 is 1.76 bits per heavy atom. The number of likely N-dealkylation sites (N-methyl/N-ethyl adjacent to an activating group) is 1. The number of rotatable bonds is 4. The number of hydrogen-bond donors (Lipinski definition) is 1. The van der Waals surface area contributed by atoms with Gasteiger partial charge in [0.2, 0.25) is 0 Å². The number of urea groups is 1. The molecule has 25 heavy (non-hydrogen) atoms. The molecule has 5 nitrogen and oxygen atoms in total. The monoisotopic (exact) mass is 364 g/mol. The Kier molecular flexibility index (Phi) is 6.25. The van der Waals surface area contributed by atoms with Crippen molar-refractivity contribution < 1.29 is 18.0 Å². The number of amides is 2. The Bertz CT molecular complexity index is 459. The molecule has 8 heteroatoms. The average Bonchev–Trinajstić information content (AvgIpc) is 2.81. The van der Waals surface area contributed by atoms with E-state index in [0.717, 1.165) is 39.0 Å². The van der Waals surface area contributed by atoms with Gasteiger partial charge in [0.1, 0.15) is 0 Å². The Morgan fingerprint density at radius 1 is 1.16 bits per heavy atom. The van der Waals surface area contributed by atoms with E-state index in [1.807, 2.05) is 14.1 Å². The molecular formula is C17H31F3N4O. The zero-order valence-electron chi connectivity index (χ0n) is 15.7. The van der Waals surface area contributed by atoms with Crippen LogP contribution in [-0.4, -0.2) is 85.3 Å². The number of carbonyl (C=O) groups is 1. The summed E-state index contributed by atoms with van der Waals surface area (Å²) in [6.07, 6.45) is -2.60. The van der Waals surface area contributed by atoms with Crippen molar-refractivity contribution in [3.63, 3.8) is 0 Å². The molecule has 2 aliphatic heterocycles. The summed E-state index contributed by atoms with van der Waals surface area (Å²) in [6, 6.07) is -0.313. The van der Waals surface area contributed by atoms with Crippen LogP contribution in [0.4, 0.5) is 18.0 Å². The SMILES string of the molecule is CN(C)CCN1CCC(NC(=O)N2CC[C@@H](C(F)(F)F)C2(C)C)CC1. The smallest absolute Gasteiger partial charge is 0.335 e. The van der Waals surface area contributed by atoms with Gasteiger partial charge in [-0.05, 0) is 47.2 Å². The summed E-state index contributed by atoms with van der Waals surface area (Å²) < 4.78 is 39.5. The van der Waals surface area contributed by atoms with Gasteiger partial charge in [0.05, 0.1) is 11.5 Å². The lowest BCUT2D eigenvalue weighted by Gasteiger charge is -2.38. The molecule has 2 rings (SSSR count). The van der Waals surface area contributed by atoms with Crippen LogP contribution in [-0.2, 0) is 0 Å². The summed E-state index contributed by atoms with van der Waals surface area (Å²) in [7, 11) is 4.08. The maximum absolute atomic E-state index is 13.2. The maximum atomic E-state index is 13.2. The summed E-state index contributed by atoms with van der Waals surface area (Å²) in [6.45, 7) is 7.01. The van der Waals surface area contributed by atoms with Crippen LogP contribution in [0.3, 0.4) is 0 Å². The number of alkyl halides is 3. The molecule has 0 aliphatic carbocycles. The van der Waals surface area contributed by atoms with Crippen LogP contribution in [0.1, 0.15) is 33.1 Å². The van der Waals surface area contributed by atoms with Crippen molar-refractivity contribution in [2.45, 2.75) is 50.9 Å². The van der Waals surface area contributed by atoms with Gasteiger partial charge < -0.3 is 20.0 Å². The van der Waals surface area contributed by atoms with E-state index in [4.69, 9.17) is 0 Å². The minimum Gasteiger partial charge on any atom is -0.335 e. The van der Waals surface area contributed by atoms with Crippen LogP contribution < -0.4 is 5.32 Å². The van der Waals surface area contributed by atoms with Crippen molar-refractivity contribution in [3.05, 3.63) is 0 Å². The van der Waals surface area contributed by atoms with E-state index in [2.05, 4.69) is 15.1 Å². The number of hydrogen-bond acceptors (Lipinski definition) is 3. The van der Waals surface area contributed by atoms with Gasteiger partial charge in [-0.3, -0.25) is 0 Å². The van der Waals surface area contributed by atoms with E-state index in [1.165, 1.54) is 18.7 Å². The second-order valence-electron chi connectivity index (χ2n) is 8.06. The van der Waals surface area contributed by atoms with Crippen LogP contribution in [0.25, 0.3) is 0 Å². The number of piperidine rings is 1. The fraction of sp³-hybridized carbons (Fsp3) is 0.941. The van der Waals surface area contributed by atoms with Gasteiger partial charge in [0.25, 0.3) is 0 Å². The first kappa shape index (κ1) is 20.3. The lowest BCUT2D eigenvalue weighted by Crippen LogP contribution is -2.55. The zero-order valence-corrected chi connectivity index (χ0v) is 15.7. The molecular weight excluding hydrogens is 333 g/mol. The predicted molar refractivity (Wildman–Crippen MR) is 91.5 cm³/mol. The minimum absolute atomic E-state index is 0.0209. The summed E-state index contributed by atoms with van der Waals surface area (Å²) in [4.78, 5) is 18.4. The third kappa shape index (κ3) is 5.00. The first-order chi connectivity index (χ1) is 11.5. The molecule has 0 unspecified atom stereocenters. The van der Waals surface area contributed by atoms with Crippen LogP contribution in [0.15, 0.2) is 0 Å². The van der Waals surface area contributed by atoms with Crippen LogP contribution in [0, 0.1) is 5.92 Å². The van der Waals surface area contributed by atoms with Gasteiger partial charge in [-0.2, -0.15) is 13.2 Å². The molecule has 2 amide bonds. The molecule has 2 fully saturated rings. The van der Waals surface area contributed by atoms with Gasteiger partial charge in [0, 0.05) is 38.8 Å². The second-order valence-corrected chi connectivity index (χ2v) is 8.06. The van der Waals surface area contributed by atoms with Crippen molar-refractivity contribution >= 4 is 6.03 Å². The van der Waals surface area contributed by atoms with Crippen molar-refractivity contribution in [1.82, 2.24) is 20.0 Å². The van der Waals surface area contributed by atoms with Gasteiger partial charge in [-0.25, -0.2) is 4.79 Å². The van der Waals surface area contributed by atoms with E-state index in [-0.39, 0.29) is 25.0 Å². The Hall–Kier alpha value is -1.02. The molecule has 1 atom stereocenters. The molecule has 2 aliphatic rings. The molecule has 0 saturated carbocycles. The van der Waals surface area contributed by atoms with Gasteiger partial charge in [-0.15, -0.1) is 0 Å². The number of likely N-dealkylation sites (tertiary alicyclic amines) is 2. The predicted octanol–water partition coefficient (Wildman–Crippen LogP) is 2.38. The third-order valence-corrected chi connectivity index (χ3v) is 5.61. The van der Waals surface area contributed by atoms with E-state index in [1.54, 1.807) is 0 Å². The molecule has 0 aromatic rings. The Labute approximate surface area is 148 Å². The van der Waals surface area contributed by atoms with Crippen molar-refractivity contribution in [2.24, 2.45) is 5.92 Å². The summed E-state index contributed by atoms with van der Waals surface area (Å²) >= 11 is 0. The van der Waals surface area contributed by atoms with Crippen LogP contribution >= 0.6 is 0 Å². The maximum Gasteiger partial charge on any atom is 0.394 e. The standard InChI is InChI=1S/C17H31F3N4O/c1-16(2)14(17(18,19)20)7-10-24(16)15(25)21-13-5-8-23(9-6-13)12-11-22(3)4/h13-14H,5-12H2,1-4H3,(H,21,25)/t14-/m1/s1. The molecule has 0 bridgehead atoms. The highest BCUT2D eigenvalue weighted by molar-refractivity contribution is 5.76. The molecule has 2 saturated heterocycles. The topological polar surface area (TPSA) is 38.8 Å². The molecule has 0 aromatic carbocycles. The molecule has 2 heterocycles. The van der Waals surface area contributed by atoms with Crippen LogP contribution in [0.2, 0.25) is 0 Å². The molecule has 1 N–H and O–H groups in total. The highest BCUT2D eigenvalue weighted by Gasteiger charge is 2.56. The molecule has 0 radical (unpaired) electrons.